The largest absolute Gasteiger partial charge is 0.873 e. The lowest BCUT2D eigenvalue weighted by molar-refractivity contribution is -0.862. The summed E-state index contributed by atoms with van der Waals surface area (Å²) in [5, 5.41) is 0. The quantitative estimate of drug-likeness (QED) is 0.233. The summed E-state index contributed by atoms with van der Waals surface area (Å²) in [4.78, 5) is 0. The highest BCUT2D eigenvalue weighted by Gasteiger charge is 2.29. The first kappa shape index (κ1) is 24.9. The van der Waals surface area contributed by atoms with Gasteiger partial charge in [0, 0.05) is 0 Å². The molecule has 0 unspecified atom stereocenters. The summed E-state index contributed by atoms with van der Waals surface area (Å²) in [5.74, 6) is 4.31. The number of rotatable bonds is 6. The molecule has 0 N–H and O–H groups in total. The molecule has 32 heavy (non-hydrogen) atoms. The second-order valence-electron chi connectivity index (χ2n) is 8.57. The maximum Gasteiger partial charge on any atom is 0.873 e. The van der Waals surface area contributed by atoms with E-state index in [1.807, 2.05) is 86.6 Å². The molecular formula is C27H32BNO3. The van der Waals surface area contributed by atoms with E-state index in [0.717, 1.165) is 15.6 Å². The van der Waals surface area contributed by atoms with Crippen molar-refractivity contribution in [3.63, 3.8) is 0 Å². The second-order valence-corrected chi connectivity index (χ2v) is 8.57. The van der Waals surface area contributed by atoms with Gasteiger partial charge in [-0.25, -0.2) is 0 Å². The van der Waals surface area contributed by atoms with Gasteiger partial charge < -0.3 is 18.4 Å². The molecule has 0 aliphatic rings. The van der Waals surface area contributed by atoms with Crippen molar-refractivity contribution in [3.8, 4) is 23.5 Å². The number of hydrogen-bond acceptors (Lipinski definition) is 3. The fourth-order valence-electron chi connectivity index (χ4n) is 2.36. The van der Waals surface area contributed by atoms with E-state index in [1.54, 1.807) is 0 Å². The van der Waals surface area contributed by atoms with Crippen LogP contribution in [0.15, 0.2) is 72.8 Å². The lowest BCUT2D eigenvalue weighted by atomic mass is 10.2. The fraction of sp³-hybridized carbons (Fsp3) is 0.259. The molecule has 0 aromatic heterocycles. The molecule has 5 heteroatoms. The Morgan fingerprint density at radius 3 is 1.53 bits per heavy atom. The van der Waals surface area contributed by atoms with Gasteiger partial charge >= 0.3 is 7.32 Å². The molecule has 4 nitrogen and oxygen atoms in total. The summed E-state index contributed by atoms with van der Waals surface area (Å²) in [5.41, 5.74) is 3.61. The highest BCUT2D eigenvalue weighted by atomic mass is 16.7. The van der Waals surface area contributed by atoms with Crippen LogP contribution in [0.2, 0.25) is 0 Å². The number of quaternary nitrogens is 1. The van der Waals surface area contributed by atoms with Gasteiger partial charge in [-0.1, -0.05) is 42.3 Å². The second kappa shape index (κ2) is 12.5. The molecular weight excluding hydrogens is 397 g/mol. The number of aryl methyl sites for hydroxylation is 3. The summed E-state index contributed by atoms with van der Waals surface area (Å²) in [7, 11) is 5.26. The smallest absolute Gasteiger partial charge is 0.489 e. The monoisotopic (exact) mass is 429 g/mol. The van der Waals surface area contributed by atoms with Crippen molar-refractivity contribution in [2.24, 2.45) is 0 Å². The van der Waals surface area contributed by atoms with Crippen LogP contribution in [0.25, 0.3) is 0 Å². The molecule has 0 fully saturated rings. The normalized spacial score (nSPS) is 10.1. The van der Waals surface area contributed by atoms with Gasteiger partial charge in [-0.3, -0.25) is 0 Å². The Morgan fingerprint density at radius 1 is 0.719 bits per heavy atom. The topological polar surface area (TPSA) is 27.7 Å². The Labute approximate surface area is 193 Å². The Balaban J connectivity index is 0.000000439. The van der Waals surface area contributed by atoms with Gasteiger partial charge in [0.15, 0.2) is 0 Å². The third kappa shape index (κ3) is 10.6. The highest BCUT2D eigenvalue weighted by molar-refractivity contribution is 6.39. The first-order valence-electron chi connectivity index (χ1n) is 10.5. The maximum absolute atomic E-state index is 5.78. The number of hydrogen-bond donors (Lipinski definition) is 0. The highest BCUT2D eigenvalue weighted by Crippen LogP contribution is 2.16. The molecule has 166 valence electrons. The maximum atomic E-state index is 5.78. The Hall–Kier alpha value is -3.36. The minimum Gasteiger partial charge on any atom is -0.489 e. The molecule has 0 spiro atoms. The van der Waals surface area contributed by atoms with Crippen LogP contribution < -0.4 is 9.31 Å². The molecule has 0 radical (unpaired) electrons. The Morgan fingerprint density at radius 2 is 1.16 bits per heavy atom. The molecule has 0 atom stereocenters. The van der Waals surface area contributed by atoms with E-state index in [4.69, 9.17) is 14.0 Å². The molecule has 3 aromatic rings. The van der Waals surface area contributed by atoms with Crippen LogP contribution in [-0.2, 0) is 4.65 Å². The van der Waals surface area contributed by atoms with Crippen LogP contribution in [0.5, 0.6) is 11.5 Å². The summed E-state index contributed by atoms with van der Waals surface area (Å²) in [6.07, 6.45) is 2.69. The van der Waals surface area contributed by atoms with E-state index in [2.05, 4.69) is 46.2 Å². The first-order valence-corrected chi connectivity index (χ1v) is 10.5. The van der Waals surface area contributed by atoms with Gasteiger partial charge in [0.2, 0.25) is 0 Å². The molecule has 0 aliphatic carbocycles. The molecule has 0 saturated heterocycles. The molecule has 0 amide bonds. The summed E-state index contributed by atoms with van der Waals surface area (Å²) >= 11 is 0. The van der Waals surface area contributed by atoms with Crippen LogP contribution in [0.4, 0.5) is 0 Å². The standard InChI is InChI=1S/C20H25BNO3.C7H7/c1-17-7-11-19(12-8-17)24-21(23-16-6-15-22(3,4)5)25-20-13-9-18(2)10-14-20;1-7-5-3-2-4-6-7/h7-14H,15H2,1-5H3;3-6H,1H3/q+1;-1. The lowest BCUT2D eigenvalue weighted by Crippen LogP contribution is -2.35. The van der Waals surface area contributed by atoms with Crippen LogP contribution in [0.1, 0.15) is 16.7 Å². The SMILES string of the molecule is Cc1cc[c-]cc1.Cc1ccc(OB(OC#CC[N+](C)(C)C)Oc2ccc(C)cc2)cc1. The van der Waals surface area contributed by atoms with Crippen molar-refractivity contribution in [2.45, 2.75) is 20.8 Å². The average molecular weight is 429 g/mol. The van der Waals surface area contributed by atoms with Crippen molar-refractivity contribution in [1.82, 2.24) is 0 Å². The van der Waals surface area contributed by atoms with Crippen molar-refractivity contribution in [1.29, 1.82) is 0 Å². The molecule has 0 aliphatic heterocycles. The number of benzene rings is 3. The first-order chi connectivity index (χ1) is 15.2. The predicted octanol–water partition coefficient (Wildman–Crippen LogP) is 5.23. The van der Waals surface area contributed by atoms with Gasteiger partial charge in [-0.2, -0.15) is 35.9 Å². The zero-order chi connectivity index (χ0) is 23.4. The van der Waals surface area contributed by atoms with Crippen molar-refractivity contribution in [2.75, 3.05) is 27.7 Å². The minimum absolute atomic E-state index is 0.663. The zero-order valence-corrected chi connectivity index (χ0v) is 19.9. The summed E-state index contributed by atoms with van der Waals surface area (Å²) < 4.78 is 17.8. The molecule has 3 aromatic carbocycles. The fourth-order valence-corrected chi connectivity index (χ4v) is 2.36. The zero-order valence-electron chi connectivity index (χ0n) is 19.9. The molecule has 0 bridgehead atoms. The van der Waals surface area contributed by atoms with Crippen LogP contribution in [-0.4, -0.2) is 39.5 Å². The Bertz CT molecular complexity index is 938. The van der Waals surface area contributed by atoms with Gasteiger partial charge in [0.25, 0.3) is 0 Å². The van der Waals surface area contributed by atoms with E-state index in [1.165, 1.54) is 5.56 Å². The summed E-state index contributed by atoms with van der Waals surface area (Å²) in [6, 6.07) is 26.2. The Kier molecular flexibility index (Phi) is 9.72. The van der Waals surface area contributed by atoms with E-state index in [9.17, 15) is 0 Å². The molecule has 0 heterocycles. The van der Waals surface area contributed by atoms with Gasteiger partial charge in [0.1, 0.15) is 24.2 Å². The molecule has 3 rings (SSSR count). The van der Waals surface area contributed by atoms with E-state index >= 15 is 0 Å². The third-order valence-electron chi connectivity index (χ3n) is 4.17. The van der Waals surface area contributed by atoms with Crippen molar-refractivity contribution >= 4 is 7.32 Å². The van der Waals surface area contributed by atoms with Crippen LogP contribution in [0, 0.1) is 38.9 Å². The van der Waals surface area contributed by atoms with Gasteiger partial charge in [-0.15, -0.1) is 0 Å². The number of nitrogens with zero attached hydrogens (tertiary/aromatic N) is 1. The van der Waals surface area contributed by atoms with Crippen LogP contribution in [0.3, 0.4) is 0 Å². The van der Waals surface area contributed by atoms with Crippen molar-refractivity contribution in [3.05, 3.63) is 95.6 Å². The van der Waals surface area contributed by atoms with Gasteiger partial charge in [0.05, 0.1) is 21.1 Å². The predicted molar refractivity (Wildman–Crippen MR) is 131 cm³/mol. The van der Waals surface area contributed by atoms with Crippen molar-refractivity contribution < 1.29 is 18.4 Å². The van der Waals surface area contributed by atoms with E-state index in [-0.39, 0.29) is 0 Å². The lowest BCUT2D eigenvalue weighted by Gasteiger charge is -2.19. The third-order valence-corrected chi connectivity index (χ3v) is 4.17. The van der Waals surface area contributed by atoms with E-state index in [0.29, 0.717) is 18.0 Å². The molecule has 0 saturated carbocycles. The average Bonchev–Trinajstić information content (AvgIpc) is 2.75. The minimum atomic E-state index is -0.939. The van der Waals surface area contributed by atoms with E-state index < -0.39 is 7.32 Å². The van der Waals surface area contributed by atoms with Gasteiger partial charge in [-0.05, 0) is 44.0 Å². The summed E-state index contributed by atoms with van der Waals surface area (Å²) in [6.45, 7) is 6.78. The van der Waals surface area contributed by atoms with Crippen LogP contribution >= 0.6 is 0 Å².